The first-order valence-electron chi connectivity index (χ1n) is 12.8. The predicted octanol–water partition coefficient (Wildman–Crippen LogP) is 5.88. The lowest BCUT2D eigenvalue weighted by molar-refractivity contribution is 0.0786. The first kappa shape index (κ1) is 29.1. The number of halogens is 4. The number of methoxy groups -OCH3 is 1. The molecule has 216 valence electrons. The summed E-state index contributed by atoms with van der Waals surface area (Å²) in [6.45, 7) is 4.54. The Kier molecular flexibility index (Phi) is 7.46. The van der Waals surface area contributed by atoms with E-state index in [9.17, 15) is 27.9 Å². The van der Waals surface area contributed by atoms with Gasteiger partial charge in [0.1, 0.15) is 11.1 Å². The van der Waals surface area contributed by atoms with Crippen LogP contribution in [0, 0.1) is 24.4 Å². The van der Waals surface area contributed by atoms with Gasteiger partial charge in [0, 0.05) is 16.8 Å². The first-order valence-corrected chi connectivity index (χ1v) is 13.1. The van der Waals surface area contributed by atoms with Crippen LogP contribution in [-0.4, -0.2) is 26.3 Å². The molecule has 0 saturated heterocycles. The van der Waals surface area contributed by atoms with Gasteiger partial charge in [-0.1, -0.05) is 17.7 Å². The van der Waals surface area contributed by atoms with Crippen molar-refractivity contribution in [2.24, 2.45) is 0 Å². The summed E-state index contributed by atoms with van der Waals surface area (Å²) in [5, 5.41) is 10.9. The molecule has 42 heavy (non-hydrogen) atoms. The highest BCUT2D eigenvalue weighted by molar-refractivity contribution is 6.33. The quantitative estimate of drug-likeness (QED) is 0.248. The van der Waals surface area contributed by atoms with Crippen LogP contribution in [0.3, 0.4) is 0 Å². The summed E-state index contributed by atoms with van der Waals surface area (Å²) >= 11 is 6.55. The van der Waals surface area contributed by atoms with Crippen LogP contribution in [0.2, 0.25) is 5.02 Å². The molecule has 0 fully saturated rings. The Labute approximate surface area is 243 Å². The zero-order chi connectivity index (χ0) is 30.5. The van der Waals surface area contributed by atoms with Crippen molar-refractivity contribution in [2.75, 3.05) is 7.11 Å². The van der Waals surface area contributed by atoms with Crippen molar-refractivity contribution in [3.8, 4) is 22.6 Å². The molecule has 5 rings (SSSR count). The molecule has 3 aromatic carbocycles. The summed E-state index contributed by atoms with van der Waals surface area (Å²) in [5.74, 6) is -4.40. The van der Waals surface area contributed by atoms with E-state index in [1.807, 2.05) is 0 Å². The van der Waals surface area contributed by atoms with Gasteiger partial charge in [-0.25, -0.2) is 22.5 Å². The number of nitrogens with zero attached hydrogens (tertiary/aromatic N) is 3. The number of rotatable bonds is 6. The minimum atomic E-state index is -1.64. The molecule has 0 radical (unpaired) electrons. The third-order valence-corrected chi connectivity index (χ3v) is 7.25. The van der Waals surface area contributed by atoms with Crippen molar-refractivity contribution >= 4 is 22.5 Å². The molecule has 11 heteroatoms. The van der Waals surface area contributed by atoms with Gasteiger partial charge in [-0.15, -0.1) is 0 Å². The smallest absolute Gasteiger partial charge is 0.336 e. The molecule has 0 amide bonds. The van der Waals surface area contributed by atoms with Gasteiger partial charge in [-0.05, 0) is 85.5 Å². The molecular weight excluding hydrogens is 571 g/mol. The highest BCUT2D eigenvalue weighted by atomic mass is 35.5. The van der Waals surface area contributed by atoms with Crippen molar-refractivity contribution in [2.45, 2.75) is 32.9 Å². The van der Waals surface area contributed by atoms with Gasteiger partial charge in [0.15, 0.2) is 17.5 Å². The summed E-state index contributed by atoms with van der Waals surface area (Å²) in [5.41, 5.74) is -0.417. The number of hydrogen-bond donors (Lipinski definition) is 1. The highest BCUT2D eigenvalue weighted by Gasteiger charge is 2.23. The van der Waals surface area contributed by atoms with E-state index in [0.717, 1.165) is 21.3 Å². The summed E-state index contributed by atoms with van der Waals surface area (Å²) in [6, 6.07) is 11.2. The number of benzene rings is 3. The van der Waals surface area contributed by atoms with Gasteiger partial charge in [-0.3, -0.25) is 14.3 Å². The number of pyridine rings is 1. The van der Waals surface area contributed by atoms with Crippen LogP contribution in [0.4, 0.5) is 13.2 Å². The molecule has 0 bridgehead atoms. The summed E-state index contributed by atoms with van der Waals surface area (Å²) < 4.78 is 49.7. The molecular formula is C31H25ClF3N3O4. The second-order valence-electron chi connectivity index (χ2n) is 10.4. The largest absolute Gasteiger partial charge is 0.496 e. The second-order valence-corrected chi connectivity index (χ2v) is 10.8. The molecule has 0 unspecified atom stereocenters. The molecule has 0 aliphatic heterocycles. The fraction of sp³-hybridized carbons (Fsp3) is 0.194. The third-order valence-electron chi connectivity index (χ3n) is 6.92. The number of aryl methyl sites for hydroxylation is 1. The van der Waals surface area contributed by atoms with Crippen LogP contribution in [-0.2, 0) is 12.1 Å². The lowest BCUT2D eigenvalue weighted by Crippen LogP contribution is -2.39. The normalized spacial score (nSPS) is 11.7. The number of aliphatic hydroxyl groups is 1. The molecule has 1 N–H and O–H groups in total. The molecule has 5 aromatic rings. The lowest BCUT2D eigenvalue weighted by atomic mass is 9.93. The van der Waals surface area contributed by atoms with E-state index in [1.54, 1.807) is 57.3 Å². The number of ether oxygens (including phenoxy) is 1. The van der Waals surface area contributed by atoms with E-state index in [4.69, 9.17) is 16.3 Å². The summed E-state index contributed by atoms with van der Waals surface area (Å²) in [4.78, 5) is 32.0. The first-order chi connectivity index (χ1) is 19.8. The zero-order valence-corrected chi connectivity index (χ0v) is 23.8. The van der Waals surface area contributed by atoms with E-state index in [-0.39, 0.29) is 27.9 Å². The van der Waals surface area contributed by atoms with Crippen LogP contribution in [0.5, 0.6) is 5.75 Å². The Morgan fingerprint density at radius 1 is 1.00 bits per heavy atom. The Balaban J connectivity index is 1.89. The van der Waals surface area contributed by atoms with Crippen LogP contribution < -0.4 is 16.0 Å². The van der Waals surface area contributed by atoms with Gasteiger partial charge >= 0.3 is 5.69 Å². The minimum absolute atomic E-state index is 0.000164. The summed E-state index contributed by atoms with van der Waals surface area (Å²) in [7, 11) is 1.35. The monoisotopic (exact) mass is 595 g/mol. The van der Waals surface area contributed by atoms with E-state index in [1.165, 1.54) is 19.4 Å². The van der Waals surface area contributed by atoms with E-state index in [0.29, 0.717) is 27.3 Å². The molecule has 7 nitrogen and oxygen atoms in total. The van der Waals surface area contributed by atoms with E-state index >= 15 is 0 Å². The molecule has 2 aromatic heterocycles. The van der Waals surface area contributed by atoms with Crippen molar-refractivity contribution in [3.05, 3.63) is 121 Å². The maximum atomic E-state index is 14.2. The number of aromatic nitrogens is 3. The summed E-state index contributed by atoms with van der Waals surface area (Å²) in [6.07, 6.45) is 2.89. The van der Waals surface area contributed by atoms with Gasteiger partial charge < -0.3 is 9.84 Å². The average Bonchev–Trinajstić information content (AvgIpc) is 2.93. The average molecular weight is 596 g/mol. The second kappa shape index (κ2) is 10.8. The molecule has 0 aliphatic rings. The maximum Gasteiger partial charge on any atom is 0.336 e. The maximum absolute atomic E-state index is 14.2. The standard InChI is InChI=1S/C31H25ClF3N3O4/c1-16-7-20(14-36-13-16)38-29(39)27-25(37(30(38)40)15-17-8-23(33)28(35)24(34)9-17)10-18(11-26(27)42-4)21-12-19(31(2,3)41)5-6-22(21)32/h5-14,41H,15H2,1-4H3. The molecule has 2 heterocycles. The highest BCUT2D eigenvalue weighted by Crippen LogP contribution is 2.37. The Bertz CT molecular complexity index is 1970. The van der Waals surface area contributed by atoms with Gasteiger partial charge in [-0.2, -0.15) is 0 Å². The molecule has 0 saturated carbocycles. The Morgan fingerprint density at radius 3 is 2.31 bits per heavy atom. The topological polar surface area (TPSA) is 86.3 Å². The Morgan fingerprint density at radius 2 is 1.69 bits per heavy atom. The fourth-order valence-electron chi connectivity index (χ4n) is 4.82. The van der Waals surface area contributed by atoms with Gasteiger partial charge in [0.05, 0.1) is 36.7 Å². The fourth-order valence-corrected chi connectivity index (χ4v) is 5.04. The molecule has 0 aliphatic carbocycles. The van der Waals surface area contributed by atoms with Crippen LogP contribution in [0.1, 0.15) is 30.5 Å². The van der Waals surface area contributed by atoms with Gasteiger partial charge in [0.2, 0.25) is 0 Å². The molecule has 0 atom stereocenters. The van der Waals surface area contributed by atoms with E-state index in [2.05, 4.69) is 4.98 Å². The van der Waals surface area contributed by atoms with E-state index < -0.39 is 40.8 Å². The third kappa shape index (κ3) is 5.19. The van der Waals surface area contributed by atoms with Crippen LogP contribution >= 0.6 is 11.6 Å². The van der Waals surface area contributed by atoms with Crippen LogP contribution in [0.15, 0.2) is 70.5 Å². The SMILES string of the molecule is COc1cc(-c2cc(C(C)(C)O)ccc2Cl)cc2c1c(=O)n(-c1cncc(C)c1)c(=O)n2Cc1cc(F)c(F)c(F)c1. The minimum Gasteiger partial charge on any atom is -0.496 e. The Hall–Kier alpha value is -4.41. The molecule has 0 spiro atoms. The predicted molar refractivity (Wildman–Crippen MR) is 154 cm³/mol. The van der Waals surface area contributed by atoms with Gasteiger partial charge in [0.25, 0.3) is 5.56 Å². The van der Waals surface area contributed by atoms with Crippen LogP contribution in [0.25, 0.3) is 27.7 Å². The number of fused-ring (bicyclic) bond motifs is 1. The zero-order valence-electron chi connectivity index (χ0n) is 23.0. The van der Waals surface area contributed by atoms with Crippen molar-refractivity contribution in [1.29, 1.82) is 0 Å². The lowest BCUT2D eigenvalue weighted by Gasteiger charge is -2.20. The van der Waals surface area contributed by atoms with Crippen molar-refractivity contribution < 1.29 is 23.0 Å². The number of hydrogen-bond acceptors (Lipinski definition) is 5. The van der Waals surface area contributed by atoms with Crippen molar-refractivity contribution in [3.63, 3.8) is 0 Å². The van der Waals surface area contributed by atoms with Crippen molar-refractivity contribution in [1.82, 2.24) is 14.1 Å².